The minimum atomic E-state index is 0.189. The number of benzene rings is 1. The van der Waals surface area contributed by atoms with Gasteiger partial charge < -0.3 is 9.80 Å². The Labute approximate surface area is 159 Å². The zero-order valence-corrected chi connectivity index (χ0v) is 16.0. The molecule has 5 rings (SSSR count). The van der Waals surface area contributed by atoms with Gasteiger partial charge in [0, 0.05) is 24.7 Å². The summed E-state index contributed by atoms with van der Waals surface area (Å²) >= 11 is 1.65. The van der Waals surface area contributed by atoms with Crippen LogP contribution in [0.25, 0.3) is 0 Å². The maximum Gasteiger partial charge on any atom is 0.227 e. The summed E-state index contributed by atoms with van der Waals surface area (Å²) in [7, 11) is 0. The van der Waals surface area contributed by atoms with Gasteiger partial charge in [-0.2, -0.15) is 0 Å². The van der Waals surface area contributed by atoms with E-state index < -0.39 is 0 Å². The van der Waals surface area contributed by atoms with Crippen molar-refractivity contribution < 1.29 is 4.79 Å². The minimum absolute atomic E-state index is 0.189. The number of aryl methyl sites for hydroxylation is 1. The van der Waals surface area contributed by atoms with E-state index in [0.29, 0.717) is 18.4 Å². The molecule has 0 radical (unpaired) electrons. The third kappa shape index (κ3) is 4.15. The molecule has 3 fully saturated rings. The van der Waals surface area contributed by atoms with Crippen LogP contribution < -0.4 is 0 Å². The van der Waals surface area contributed by atoms with Crippen LogP contribution in [-0.4, -0.2) is 46.9 Å². The van der Waals surface area contributed by atoms with E-state index in [9.17, 15) is 4.79 Å². The number of fused-ring (bicyclic) bond motifs is 3. The first-order valence-corrected chi connectivity index (χ1v) is 10.6. The van der Waals surface area contributed by atoms with Gasteiger partial charge in [0.1, 0.15) is 5.01 Å². The van der Waals surface area contributed by atoms with Crippen molar-refractivity contribution >= 4 is 17.2 Å². The second-order valence-electron chi connectivity index (χ2n) is 7.52. The van der Waals surface area contributed by atoms with E-state index in [2.05, 4.69) is 45.1 Å². The Morgan fingerprint density at radius 2 is 2.04 bits per heavy atom. The van der Waals surface area contributed by atoms with Gasteiger partial charge in [0.15, 0.2) is 0 Å². The van der Waals surface area contributed by atoms with Crippen molar-refractivity contribution in [2.75, 3.05) is 26.2 Å². The lowest BCUT2D eigenvalue weighted by Crippen LogP contribution is -2.53. The average Bonchev–Trinajstić information content (AvgIpc) is 3.21. The van der Waals surface area contributed by atoms with Crippen LogP contribution in [0.5, 0.6) is 0 Å². The van der Waals surface area contributed by atoms with Crippen LogP contribution >= 0.6 is 11.3 Å². The number of piperidine rings is 3. The molecule has 1 atom stereocenters. The predicted octanol–water partition coefficient (Wildman–Crippen LogP) is 3.45. The summed E-state index contributed by atoms with van der Waals surface area (Å²) in [4.78, 5) is 22.3. The van der Waals surface area contributed by atoms with Gasteiger partial charge in [-0.1, -0.05) is 30.3 Å². The zero-order valence-electron chi connectivity index (χ0n) is 15.2. The number of amides is 1. The molecule has 0 saturated carbocycles. The molecule has 5 heteroatoms. The van der Waals surface area contributed by atoms with E-state index in [1.807, 2.05) is 11.6 Å². The van der Waals surface area contributed by atoms with Crippen molar-refractivity contribution in [2.45, 2.75) is 32.2 Å². The van der Waals surface area contributed by atoms with Gasteiger partial charge in [-0.05, 0) is 50.3 Å². The van der Waals surface area contributed by atoms with Crippen LogP contribution in [-0.2, 0) is 17.8 Å². The molecular weight excluding hydrogens is 342 g/mol. The largest absolute Gasteiger partial charge is 0.336 e. The third-order valence-corrected chi connectivity index (χ3v) is 6.60. The molecule has 4 nitrogen and oxygen atoms in total. The number of hydrogen-bond acceptors (Lipinski definition) is 4. The Balaban J connectivity index is 1.41. The summed E-state index contributed by atoms with van der Waals surface area (Å²) in [5.74, 6) is 1.12. The molecule has 3 aliphatic rings. The number of thiazole rings is 1. The van der Waals surface area contributed by atoms with Crippen molar-refractivity contribution in [3.63, 3.8) is 0 Å². The maximum atomic E-state index is 13.3. The fraction of sp³-hybridized carbons (Fsp3) is 0.524. The van der Waals surface area contributed by atoms with Gasteiger partial charge in [0.2, 0.25) is 5.91 Å². The summed E-state index contributed by atoms with van der Waals surface area (Å²) in [5, 5.41) is 3.04. The van der Waals surface area contributed by atoms with E-state index >= 15 is 0 Å². The van der Waals surface area contributed by atoms with Crippen LogP contribution in [0.3, 0.4) is 0 Å². The summed E-state index contributed by atoms with van der Waals surface area (Å²) in [6.07, 6.45) is 6.23. The van der Waals surface area contributed by atoms with Crippen molar-refractivity contribution in [1.82, 2.24) is 14.8 Å². The van der Waals surface area contributed by atoms with Crippen LogP contribution in [0.4, 0.5) is 0 Å². The number of hydrogen-bond donors (Lipinski definition) is 0. The fourth-order valence-corrected chi connectivity index (χ4v) is 4.99. The molecule has 0 N–H and O–H groups in total. The summed E-state index contributed by atoms with van der Waals surface area (Å²) in [5.41, 5.74) is 1.34. The number of nitrogens with zero attached hydrogens (tertiary/aromatic N) is 3. The topological polar surface area (TPSA) is 36.4 Å². The molecule has 138 valence electrons. The van der Waals surface area contributed by atoms with Crippen molar-refractivity contribution in [3.05, 3.63) is 52.5 Å². The molecular formula is C21H27N3OS. The summed E-state index contributed by atoms with van der Waals surface area (Å²) < 4.78 is 0. The molecule has 1 aromatic carbocycles. The highest BCUT2D eigenvalue weighted by Crippen LogP contribution is 2.33. The Morgan fingerprint density at radius 1 is 1.23 bits per heavy atom. The SMILES string of the molecule is O=C(C1CN2CCC1CC2)N(CCCc1ccccc1)Cc1nccs1. The number of carbonyl (C=O) groups excluding carboxylic acids is 1. The molecule has 1 amide bonds. The third-order valence-electron chi connectivity index (χ3n) is 5.83. The molecule has 3 aliphatic heterocycles. The highest BCUT2D eigenvalue weighted by atomic mass is 32.1. The van der Waals surface area contributed by atoms with Gasteiger partial charge in [-0.3, -0.25) is 4.79 Å². The summed E-state index contributed by atoms with van der Waals surface area (Å²) in [6.45, 7) is 4.78. The molecule has 26 heavy (non-hydrogen) atoms. The standard InChI is InChI=1S/C21H27N3OS/c25-21(19-15-23-12-8-18(19)9-13-23)24(16-20-22-10-14-26-20)11-4-7-17-5-2-1-3-6-17/h1-3,5-6,10,14,18-19H,4,7-9,11-13,15-16H2. The maximum absolute atomic E-state index is 13.3. The van der Waals surface area contributed by atoms with E-state index in [1.54, 1.807) is 11.3 Å². The van der Waals surface area contributed by atoms with E-state index in [0.717, 1.165) is 30.9 Å². The van der Waals surface area contributed by atoms with E-state index in [-0.39, 0.29) is 5.92 Å². The van der Waals surface area contributed by atoms with Crippen molar-refractivity contribution in [3.8, 4) is 0 Å². The molecule has 4 heterocycles. The van der Waals surface area contributed by atoms with Crippen molar-refractivity contribution in [1.29, 1.82) is 0 Å². The van der Waals surface area contributed by atoms with Gasteiger partial charge in [-0.25, -0.2) is 4.98 Å². The first-order valence-electron chi connectivity index (χ1n) is 9.73. The lowest BCUT2D eigenvalue weighted by Gasteiger charge is -2.45. The quantitative estimate of drug-likeness (QED) is 0.750. The normalized spacial score (nSPS) is 24.5. The molecule has 0 aliphatic carbocycles. The Morgan fingerprint density at radius 3 is 2.69 bits per heavy atom. The first-order chi connectivity index (χ1) is 12.8. The first kappa shape index (κ1) is 17.7. The molecule has 1 unspecified atom stereocenters. The second-order valence-corrected chi connectivity index (χ2v) is 8.50. The smallest absolute Gasteiger partial charge is 0.227 e. The summed E-state index contributed by atoms with van der Waals surface area (Å²) in [6, 6.07) is 10.6. The van der Waals surface area contributed by atoms with Crippen LogP contribution in [0, 0.1) is 11.8 Å². The molecule has 1 aromatic heterocycles. The second kappa shape index (κ2) is 8.31. The Hall–Kier alpha value is -1.72. The fourth-order valence-electron chi connectivity index (χ4n) is 4.36. The van der Waals surface area contributed by atoms with Crippen LogP contribution in [0.1, 0.15) is 29.8 Å². The molecule has 0 spiro atoms. The lowest BCUT2D eigenvalue weighted by molar-refractivity contribution is -0.142. The van der Waals surface area contributed by atoms with Gasteiger partial charge >= 0.3 is 0 Å². The molecule has 3 saturated heterocycles. The predicted molar refractivity (Wildman–Crippen MR) is 105 cm³/mol. The lowest BCUT2D eigenvalue weighted by atomic mass is 9.78. The van der Waals surface area contributed by atoms with E-state index in [1.165, 1.54) is 31.5 Å². The van der Waals surface area contributed by atoms with E-state index in [4.69, 9.17) is 0 Å². The number of carbonyl (C=O) groups is 1. The van der Waals surface area contributed by atoms with Crippen molar-refractivity contribution in [2.24, 2.45) is 11.8 Å². The molecule has 2 bridgehead atoms. The Kier molecular flexibility index (Phi) is 5.65. The van der Waals surface area contributed by atoms with Crippen LogP contribution in [0.15, 0.2) is 41.9 Å². The number of aromatic nitrogens is 1. The van der Waals surface area contributed by atoms with Gasteiger partial charge in [-0.15, -0.1) is 11.3 Å². The monoisotopic (exact) mass is 369 g/mol. The number of rotatable bonds is 7. The highest BCUT2D eigenvalue weighted by Gasteiger charge is 2.39. The van der Waals surface area contributed by atoms with Gasteiger partial charge in [0.25, 0.3) is 0 Å². The molecule has 2 aromatic rings. The Bertz CT molecular complexity index is 695. The van der Waals surface area contributed by atoms with Gasteiger partial charge in [0.05, 0.1) is 12.5 Å². The zero-order chi connectivity index (χ0) is 17.8. The minimum Gasteiger partial charge on any atom is -0.336 e. The highest BCUT2D eigenvalue weighted by molar-refractivity contribution is 7.09. The average molecular weight is 370 g/mol. The van der Waals surface area contributed by atoms with Crippen LogP contribution in [0.2, 0.25) is 0 Å².